The van der Waals surface area contributed by atoms with Gasteiger partial charge in [0.15, 0.2) is 0 Å². The molecule has 0 aliphatic carbocycles. The molecule has 2 atom stereocenters. The van der Waals surface area contributed by atoms with Gasteiger partial charge in [0.2, 0.25) is 5.91 Å². The Morgan fingerprint density at radius 2 is 2.35 bits per heavy atom. The number of rotatable bonds is 5. The average molecular weight is 282 g/mol. The summed E-state index contributed by atoms with van der Waals surface area (Å²) >= 11 is 0. The number of primary amides is 1. The Morgan fingerprint density at radius 3 is 3.05 bits per heavy atom. The molecule has 1 aliphatic heterocycles. The summed E-state index contributed by atoms with van der Waals surface area (Å²) in [6.45, 7) is 3.98. The summed E-state index contributed by atoms with van der Waals surface area (Å²) < 4.78 is 24.7. The van der Waals surface area contributed by atoms with Gasteiger partial charge in [0.25, 0.3) is 0 Å². The summed E-state index contributed by atoms with van der Waals surface area (Å²) in [7, 11) is 0. The first-order valence-corrected chi connectivity index (χ1v) is 6.58. The lowest BCUT2D eigenvalue weighted by molar-refractivity contribution is -0.0719. The number of ether oxygens (including phenoxy) is 2. The zero-order valence-corrected chi connectivity index (χ0v) is 11.4. The van der Waals surface area contributed by atoms with Crippen LogP contribution in [0, 0.1) is 5.82 Å². The van der Waals surface area contributed by atoms with E-state index in [0.717, 1.165) is 6.54 Å². The molecule has 1 aromatic carbocycles. The van der Waals surface area contributed by atoms with Crippen LogP contribution in [0.5, 0.6) is 0 Å². The molecular formula is C14H19FN2O3. The Morgan fingerprint density at radius 1 is 1.55 bits per heavy atom. The normalized spacial score (nSPS) is 22.7. The van der Waals surface area contributed by atoms with Crippen LogP contribution in [0.2, 0.25) is 0 Å². The molecule has 1 fully saturated rings. The fraction of sp³-hybridized carbons (Fsp3) is 0.500. The van der Waals surface area contributed by atoms with Gasteiger partial charge in [-0.15, -0.1) is 0 Å². The van der Waals surface area contributed by atoms with Crippen molar-refractivity contribution >= 4 is 5.91 Å². The lowest BCUT2D eigenvalue weighted by Gasteiger charge is -2.28. The van der Waals surface area contributed by atoms with Gasteiger partial charge in [0.1, 0.15) is 5.82 Å². The van der Waals surface area contributed by atoms with E-state index in [-0.39, 0.29) is 24.4 Å². The molecule has 1 saturated heterocycles. The first-order valence-electron chi connectivity index (χ1n) is 6.58. The van der Waals surface area contributed by atoms with E-state index >= 15 is 0 Å². The van der Waals surface area contributed by atoms with Crippen molar-refractivity contribution in [2.45, 2.75) is 25.7 Å². The number of nitrogens with one attached hydrogen (secondary N) is 1. The van der Waals surface area contributed by atoms with Gasteiger partial charge in [0.05, 0.1) is 25.4 Å². The van der Waals surface area contributed by atoms with Crippen molar-refractivity contribution in [2.24, 2.45) is 5.73 Å². The fourth-order valence-electron chi connectivity index (χ4n) is 2.11. The molecule has 6 heteroatoms. The van der Waals surface area contributed by atoms with Crippen LogP contribution < -0.4 is 11.1 Å². The van der Waals surface area contributed by atoms with E-state index in [1.165, 1.54) is 18.2 Å². The van der Waals surface area contributed by atoms with Crippen LogP contribution in [0.1, 0.15) is 22.8 Å². The van der Waals surface area contributed by atoms with Crippen LogP contribution in [0.15, 0.2) is 18.2 Å². The van der Waals surface area contributed by atoms with Gasteiger partial charge >= 0.3 is 0 Å². The number of morpholine rings is 1. The van der Waals surface area contributed by atoms with Crippen molar-refractivity contribution in [2.75, 3.05) is 19.7 Å². The third-order valence-corrected chi connectivity index (χ3v) is 3.12. The monoisotopic (exact) mass is 282 g/mol. The minimum atomic E-state index is -0.583. The van der Waals surface area contributed by atoms with Crippen molar-refractivity contribution in [3.63, 3.8) is 0 Å². The predicted molar refractivity (Wildman–Crippen MR) is 71.8 cm³/mol. The van der Waals surface area contributed by atoms with E-state index in [4.69, 9.17) is 15.2 Å². The molecule has 1 aliphatic rings. The van der Waals surface area contributed by atoms with E-state index < -0.39 is 11.7 Å². The number of benzene rings is 1. The van der Waals surface area contributed by atoms with Gasteiger partial charge in [-0.1, -0.05) is 0 Å². The summed E-state index contributed by atoms with van der Waals surface area (Å²) in [5.74, 6) is -0.994. The average Bonchev–Trinajstić information content (AvgIpc) is 2.40. The second-order valence-corrected chi connectivity index (χ2v) is 4.91. The number of amides is 1. The summed E-state index contributed by atoms with van der Waals surface area (Å²) in [4.78, 5) is 11.1. The SMILES string of the molecule is CC1CNCC(COCc2cc(C(N)=O)ccc2F)O1. The Bertz CT molecular complexity index is 481. The number of hydrogen-bond donors (Lipinski definition) is 2. The standard InChI is InChI=1S/C14H19FN2O3/c1-9-5-17-6-12(20-9)8-19-7-11-4-10(14(16)18)2-3-13(11)15/h2-4,9,12,17H,5-8H2,1H3,(H2,16,18). The highest BCUT2D eigenvalue weighted by atomic mass is 19.1. The molecular weight excluding hydrogens is 263 g/mol. The molecule has 0 spiro atoms. The van der Waals surface area contributed by atoms with E-state index in [1.807, 2.05) is 6.92 Å². The Hall–Kier alpha value is -1.50. The van der Waals surface area contributed by atoms with Crippen LogP contribution in [0.4, 0.5) is 4.39 Å². The smallest absolute Gasteiger partial charge is 0.248 e. The van der Waals surface area contributed by atoms with Gasteiger partial charge < -0.3 is 20.5 Å². The maximum absolute atomic E-state index is 13.6. The Labute approximate surface area is 117 Å². The molecule has 1 aromatic rings. The topological polar surface area (TPSA) is 73.6 Å². The Kier molecular flexibility index (Phi) is 5.05. The molecule has 2 unspecified atom stereocenters. The predicted octanol–water partition coefficient (Wildman–Crippen LogP) is 0.818. The molecule has 3 N–H and O–H groups in total. The molecule has 1 amide bonds. The highest BCUT2D eigenvalue weighted by molar-refractivity contribution is 5.92. The van der Waals surface area contributed by atoms with Crippen molar-refractivity contribution < 1.29 is 18.7 Å². The van der Waals surface area contributed by atoms with Crippen molar-refractivity contribution in [1.29, 1.82) is 0 Å². The molecule has 0 bridgehead atoms. The van der Waals surface area contributed by atoms with Crippen LogP contribution in [-0.2, 0) is 16.1 Å². The first-order chi connectivity index (χ1) is 9.56. The van der Waals surface area contributed by atoms with Crippen LogP contribution in [-0.4, -0.2) is 37.8 Å². The van der Waals surface area contributed by atoms with E-state index in [9.17, 15) is 9.18 Å². The fourth-order valence-corrected chi connectivity index (χ4v) is 2.11. The zero-order valence-electron chi connectivity index (χ0n) is 11.4. The molecule has 0 radical (unpaired) electrons. The van der Waals surface area contributed by atoms with Crippen LogP contribution >= 0.6 is 0 Å². The molecule has 5 nitrogen and oxygen atoms in total. The molecule has 0 saturated carbocycles. The molecule has 20 heavy (non-hydrogen) atoms. The summed E-state index contributed by atoms with van der Waals surface area (Å²) in [6.07, 6.45) is 0.105. The lowest BCUT2D eigenvalue weighted by Crippen LogP contribution is -2.45. The van der Waals surface area contributed by atoms with E-state index in [1.54, 1.807) is 0 Å². The van der Waals surface area contributed by atoms with Gasteiger partial charge in [-0.2, -0.15) is 0 Å². The molecule has 0 aromatic heterocycles. The first kappa shape index (κ1) is 14.9. The maximum Gasteiger partial charge on any atom is 0.248 e. The highest BCUT2D eigenvalue weighted by Gasteiger charge is 2.18. The van der Waals surface area contributed by atoms with E-state index in [0.29, 0.717) is 18.7 Å². The second-order valence-electron chi connectivity index (χ2n) is 4.91. The molecule has 1 heterocycles. The number of hydrogen-bond acceptors (Lipinski definition) is 4. The van der Waals surface area contributed by atoms with Gasteiger partial charge in [-0.3, -0.25) is 4.79 Å². The zero-order chi connectivity index (χ0) is 14.5. The molecule has 2 rings (SSSR count). The number of carbonyl (C=O) groups excluding carboxylic acids is 1. The summed E-state index contributed by atoms with van der Waals surface area (Å²) in [5.41, 5.74) is 5.75. The van der Waals surface area contributed by atoms with E-state index in [2.05, 4.69) is 5.32 Å². The molecule has 110 valence electrons. The van der Waals surface area contributed by atoms with Gasteiger partial charge in [-0.25, -0.2) is 4.39 Å². The Balaban J connectivity index is 1.87. The van der Waals surface area contributed by atoms with Crippen LogP contribution in [0.3, 0.4) is 0 Å². The number of carbonyl (C=O) groups is 1. The maximum atomic E-state index is 13.6. The van der Waals surface area contributed by atoms with Gasteiger partial charge in [-0.05, 0) is 25.1 Å². The largest absolute Gasteiger partial charge is 0.374 e. The van der Waals surface area contributed by atoms with Gasteiger partial charge in [0, 0.05) is 24.2 Å². The third kappa shape index (κ3) is 4.00. The summed E-state index contributed by atoms with van der Waals surface area (Å²) in [6, 6.07) is 4.00. The minimum Gasteiger partial charge on any atom is -0.374 e. The second kappa shape index (κ2) is 6.78. The lowest BCUT2D eigenvalue weighted by atomic mass is 10.1. The van der Waals surface area contributed by atoms with Crippen molar-refractivity contribution in [1.82, 2.24) is 5.32 Å². The minimum absolute atomic E-state index is 0.0406. The van der Waals surface area contributed by atoms with Crippen LogP contribution in [0.25, 0.3) is 0 Å². The van der Waals surface area contributed by atoms with Crippen molar-refractivity contribution in [3.8, 4) is 0 Å². The highest BCUT2D eigenvalue weighted by Crippen LogP contribution is 2.12. The quantitative estimate of drug-likeness (QED) is 0.838. The number of nitrogens with two attached hydrogens (primary N) is 1. The third-order valence-electron chi connectivity index (χ3n) is 3.12. The summed E-state index contributed by atoms with van der Waals surface area (Å²) in [5, 5.41) is 3.23. The number of halogens is 1. The van der Waals surface area contributed by atoms with Crippen molar-refractivity contribution in [3.05, 3.63) is 35.1 Å².